The van der Waals surface area contributed by atoms with Crippen molar-refractivity contribution in [1.29, 1.82) is 0 Å². The number of benzene rings is 1. The standard InChI is InChI=1S/C17H22N2O3S/c1-12-19-14(11-23-12)8-9-18-17(20)7-4-13-10-15(21-2)5-6-16(13)22-3/h5-6,10-11H,4,7-9H2,1-3H3,(H,18,20). The summed E-state index contributed by atoms with van der Waals surface area (Å²) in [6.07, 6.45) is 1.79. The van der Waals surface area contributed by atoms with Crippen molar-refractivity contribution in [1.82, 2.24) is 10.3 Å². The molecule has 2 aromatic rings. The molecule has 0 aliphatic carbocycles. The third kappa shape index (κ3) is 5.25. The van der Waals surface area contributed by atoms with E-state index < -0.39 is 0 Å². The molecule has 5 nitrogen and oxygen atoms in total. The molecule has 0 radical (unpaired) electrons. The highest BCUT2D eigenvalue weighted by atomic mass is 32.1. The van der Waals surface area contributed by atoms with E-state index in [0.717, 1.165) is 34.2 Å². The Kier molecular flexibility index (Phi) is 6.40. The molecule has 0 unspecified atom stereocenters. The lowest BCUT2D eigenvalue weighted by Crippen LogP contribution is -2.26. The Morgan fingerprint density at radius 2 is 2.09 bits per heavy atom. The number of nitrogens with zero attached hydrogens (tertiary/aromatic N) is 1. The largest absolute Gasteiger partial charge is 0.497 e. The minimum Gasteiger partial charge on any atom is -0.497 e. The Labute approximate surface area is 140 Å². The Balaban J connectivity index is 1.79. The lowest BCUT2D eigenvalue weighted by Gasteiger charge is -2.10. The van der Waals surface area contributed by atoms with Crippen LogP contribution in [0.15, 0.2) is 23.6 Å². The highest BCUT2D eigenvalue weighted by Crippen LogP contribution is 2.25. The second-order valence-corrected chi connectivity index (χ2v) is 6.20. The van der Waals surface area contributed by atoms with Gasteiger partial charge in [-0.2, -0.15) is 0 Å². The predicted molar refractivity (Wildman–Crippen MR) is 91.4 cm³/mol. The van der Waals surface area contributed by atoms with Gasteiger partial charge in [-0.1, -0.05) is 0 Å². The molecular formula is C17H22N2O3S. The molecule has 6 heteroatoms. The molecular weight excluding hydrogens is 312 g/mol. The molecule has 1 amide bonds. The van der Waals surface area contributed by atoms with Gasteiger partial charge in [0.1, 0.15) is 11.5 Å². The second kappa shape index (κ2) is 8.53. The van der Waals surface area contributed by atoms with E-state index in [0.29, 0.717) is 19.4 Å². The molecule has 1 aromatic carbocycles. The van der Waals surface area contributed by atoms with Gasteiger partial charge in [-0.25, -0.2) is 4.98 Å². The Hall–Kier alpha value is -2.08. The highest BCUT2D eigenvalue weighted by Gasteiger charge is 2.08. The van der Waals surface area contributed by atoms with Crippen molar-refractivity contribution < 1.29 is 14.3 Å². The molecule has 0 saturated carbocycles. The van der Waals surface area contributed by atoms with Crippen LogP contribution in [0.25, 0.3) is 0 Å². The molecule has 0 bridgehead atoms. The van der Waals surface area contributed by atoms with Crippen LogP contribution in [-0.2, 0) is 17.6 Å². The van der Waals surface area contributed by atoms with Crippen molar-refractivity contribution in [3.63, 3.8) is 0 Å². The number of aromatic nitrogens is 1. The lowest BCUT2D eigenvalue weighted by molar-refractivity contribution is -0.121. The zero-order valence-electron chi connectivity index (χ0n) is 13.7. The van der Waals surface area contributed by atoms with Crippen LogP contribution in [0.1, 0.15) is 22.7 Å². The summed E-state index contributed by atoms with van der Waals surface area (Å²) in [4.78, 5) is 16.3. The third-order valence-corrected chi connectivity index (χ3v) is 4.30. The minimum atomic E-state index is 0.0295. The average Bonchev–Trinajstić information content (AvgIpc) is 2.98. The van der Waals surface area contributed by atoms with Crippen LogP contribution in [-0.4, -0.2) is 31.7 Å². The predicted octanol–water partition coefficient (Wildman–Crippen LogP) is 2.76. The van der Waals surface area contributed by atoms with Gasteiger partial charge in [0.2, 0.25) is 5.91 Å². The quantitative estimate of drug-likeness (QED) is 0.806. The first-order chi connectivity index (χ1) is 11.1. The molecule has 0 saturated heterocycles. The van der Waals surface area contributed by atoms with Gasteiger partial charge in [-0.3, -0.25) is 4.79 Å². The number of rotatable bonds is 8. The first-order valence-corrected chi connectivity index (χ1v) is 8.39. The number of methoxy groups -OCH3 is 2. The average molecular weight is 334 g/mol. The van der Waals surface area contributed by atoms with Crippen molar-refractivity contribution in [2.24, 2.45) is 0 Å². The maximum absolute atomic E-state index is 12.0. The second-order valence-electron chi connectivity index (χ2n) is 5.14. The molecule has 0 fully saturated rings. The summed E-state index contributed by atoms with van der Waals surface area (Å²) in [6.45, 7) is 2.59. The van der Waals surface area contributed by atoms with Crippen LogP contribution in [0.2, 0.25) is 0 Å². The number of thiazole rings is 1. The topological polar surface area (TPSA) is 60.5 Å². The maximum atomic E-state index is 12.0. The van der Waals surface area contributed by atoms with E-state index >= 15 is 0 Å². The number of hydrogen-bond acceptors (Lipinski definition) is 5. The molecule has 0 aliphatic heterocycles. The van der Waals surface area contributed by atoms with Gasteiger partial charge >= 0.3 is 0 Å². The van der Waals surface area contributed by atoms with Crippen LogP contribution < -0.4 is 14.8 Å². The monoisotopic (exact) mass is 334 g/mol. The van der Waals surface area contributed by atoms with E-state index in [9.17, 15) is 4.79 Å². The Morgan fingerprint density at radius 1 is 1.26 bits per heavy atom. The van der Waals surface area contributed by atoms with Crippen molar-refractivity contribution in [3.8, 4) is 11.5 Å². The number of aryl methyl sites for hydroxylation is 2. The molecule has 124 valence electrons. The molecule has 1 aromatic heterocycles. The van der Waals surface area contributed by atoms with Crippen LogP contribution in [0.5, 0.6) is 11.5 Å². The van der Waals surface area contributed by atoms with Gasteiger partial charge in [0.15, 0.2) is 0 Å². The number of amides is 1. The maximum Gasteiger partial charge on any atom is 0.220 e. The van der Waals surface area contributed by atoms with Crippen molar-refractivity contribution in [2.45, 2.75) is 26.2 Å². The van der Waals surface area contributed by atoms with E-state index in [-0.39, 0.29) is 5.91 Å². The zero-order chi connectivity index (χ0) is 16.7. The number of carbonyl (C=O) groups excluding carboxylic acids is 1. The minimum absolute atomic E-state index is 0.0295. The number of hydrogen-bond donors (Lipinski definition) is 1. The summed E-state index contributed by atoms with van der Waals surface area (Å²) >= 11 is 1.63. The van der Waals surface area contributed by atoms with E-state index in [1.165, 1.54) is 0 Å². The summed E-state index contributed by atoms with van der Waals surface area (Å²) < 4.78 is 10.5. The van der Waals surface area contributed by atoms with Gasteiger partial charge in [-0.05, 0) is 37.1 Å². The normalized spacial score (nSPS) is 10.4. The van der Waals surface area contributed by atoms with Crippen molar-refractivity contribution in [2.75, 3.05) is 20.8 Å². The van der Waals surface area contributed by atoms with E-state index in [1.807, 2.05) is 30.5 Å². The molecule has 1 heterocycles. The fraction of sp³-hybridized carbons (Fsp3) is 0.412. The molecule has 0 atom stereocenters. The van der Waals surface area contributed by atoms with Gasteiger partial charge in [0.05, 0.1) is 24.9 Å². The van der Waals surface area contributed by atoms with Crippen LogP contribution in [0.3, 0.4) is 0 Å². The van der Waals surface area contributed by atoms with Crippen molar-refractivity contribution in [3.05, 3.63) is 39.8 Å². The van der Waals surface area contributed by atoms with Crippen LogP contribution >= 0.6 is 11.3 Å². The van der Waals surface area contributed by atoms with E-state index in [2.05, 4.69) is 10.3 Å². The first kappa shape index (κ1) is 17.3. The SMILES string of the molecule is COc1ccc(OC)c(CCC(=O)NCCc2csc(C)n2)c1. The van der Waals surface area contributed by atoms with Gasteiger partial charge in [-0.15, -0.1) is 11.3 Å². The van der Waals surface area contributed by atoms with Gasteiger partial charge < -0.3 is 14.8 Å². The Bertz CT molecular complexity index is 655. The number of carbonyl (C=O) groups is 1. The third-order valence-electron chi connectivity index (χ3n) is 3.48. The van der Waals surface area contributed by atoms with E-state index in [4.69, 9.17) is 9.47 Å². The summed E-state index contributed by atoms with van der Waals surface area (Å²) in [6, 6.07) is 5.61. The molecule has 2 rings (SSSR count). The lowest BCUT2D eigenvalue weighted by atomic mass is 10.1. The summed E-state index contributed by atoms with van der Waals surface area (Å²) in [7, 11) is 3.25. The number of nitrogens with one attached hydrogen (secondary N) is 1. The van der Waals surface area contributed by atoms with Crippen LogP contribution in [0.4, 0.5) is 0 Å². The highest BCUT2D eigenvalue weighted by molar-refractivity contribution is 7.09. The number of ether oxygens (including phenoxy) is 2. The molecule has 23 heavy (non-hydrogen) atoms. The van der Waals surface area contributed by atoms with Gasteiger partial charge in [0.25, 0.3) is 0 Å². The van der Waals surface area contributed by atoms with E-state index in [1.54, 1.807) is 25.6 Å². The summed E-state index contributed by atoms with van der Waals surface area (Å²) in [5, 5.41) is 6.01. The van der Waals surface area contributed by atoms with Crippen molar-refractivity contribution >= 4 is 17.2 Å². The smallest absolute Gasteiger partial charge is 0.220 e. The van der Waals surface area contributed by atoms with Gasteiger partial charge in [0, 0.05) is 24.8 Å². The fourth-order valence-electron chi connectivity index (χ4n) is 2.27. The summed E-state index contributed by atoms with van der Waals surface area (Å²) in [5.74, 6) is 1.57. The Morgan fingerprint density at radius 3 is 2.74 bits per heavy atom. The first-order valence-electron chi connectivity index (χ1n) is 7.51. The zero-order valence-corrected chi connectivity index (χ0v) is 14.5. The molecule has 0 aliphatic rings. The molecule has 0 spiro atoms. The molecule has 1 N–H and O–H groups in total. The van der Waals surface area contributed by atoms with Crippen LogP contribution in [0, 0.1) is 6.92 Å². The summed E-state index contributed by atoms with van der Waals surface area (Å²) in [5.41, 5.74) is 2.00. The fourth-order valence-corrected chi connectivity index (χ4v) is 2.91.